The topological polar surface area (TPSA) is 24.9 Å². The number of nitrogens with one attached hydrogen (secondary N) is 1. The Bertz CT molecular complexity index is 626. The first-order chi connectivity index (χ1) is 9.40. The standard InChI is InChI=1S/C14H15BrF2N2S/c1-7(2)18-6-11-8(3)19-14(20-11)9-4-5-10(16)13(17)12(9)15/h4-5,7,18H,6H2,1-3H3. The highest BCUT2D eigenvalue weighted by molar-refractivity contribution is 9.10. The van der Waals surface area contributed by atoms with Gasteiger partial charge in [-0.3, -0.25) is 0 Å². The summed E-state index contributed by atoms with van der Waals surface area (Å²) in [6.45, 7) is 6.79. The number of halogens is 3. The third-order valence-electron chi connectivity index (χ3n) is 2.83. The van der Waals surface area contributed by atoms with Gasteiger partial charge in [0.25, 0.3) is 0 Å². The van der Waals surface area contributed by atoms with Crippen LogP contribution >= 0.6 is 27.3 Å². The maximum Gasteiger partial charge on any atom is 0.173 e. The van der Waals surface area contributed by atoms with E-state index in [2.05, 4.69) is 40.1 Å². The summed E-state index contributed by atoms with van der Waals surface area (Å²) in [5, 5.41) is 4.02. The van der Waals surface area contributed by atoms with Crippen molar-refractivity contribution in [2.24, 2.45) is 0 Å². The molecule has 0 amide bonds. The fraction of sp³-hybridized carbons (Fsp3) is 0.357. The highest BCUT2D eigenvalue weighted by Gasteiger charge is 2.16. The minimum Gasteiger partial charge on any atom is -0.310 e. The van der Waals surface area contributed by atoms with E-state index in [0.717, 1.165) is 23.2 Å². The van der Waals surface area contributed by atoms with E-state index in [1.54, 1.807) is 6.07 Å². The fourth-order valence-electron chi connectivity index (χ4n) is 1.70. The van der Waals surface area contributed by atoms with Crippen LogP contribution in [0.15, 0.2) is 16.6 Å². The molecule has 0 saturated carbocycles. The lowest BCUT2D eigenvalue weighted by Crippen LogP contribution is -2.21. The Kier molecular flexibility index (Phi) is 4.88. The molecule has 2 nitrogen and oxygen atoms in total. The van der Waals surface area contributed by atoms with Gasteiger partial charge in [0, 0.05) is 23.0 Å². The Labute approximate surface area is 129 Å². The largest absolute Gasteiger partial charge is 0.310 e. The third-order valence-corrected chi connectivity index (χ3v) is 4.80. The summed E-state index contributed by atoms with van der Waals surface area (Å²) in [6, 6.07) is 3.05. The molecule has 0 aliphatic rings. The number of nitrogens with zero attached hydrogens (tertiary/aromatic N) is 1. The van der Waals surface area contributed by atoms with E-state index in [9.17, 15) is 8.78 Å². The van der Waals surface area contributed by atoms with Crippen LogP contribution in [0.4, 0.5) is 8.78 Å². The summed E-state index contributed by atoms with van der Waals surface area (Å²) in [6.07, 6.45) is 0. The van der Waals surface area contributed by atoms with Gasteiger partial charge in [0.2, 0.25) is 0 Å². The van der Waals surface area contributed by atoms with Gasteiger partial charge in [0.05, 0.1) is 10.2 Å². The van der Waals surface area contributed by atoms with Gasteiger partial charge in [-0.2, -0.15) is 0 Å². The van der Waals surface area contributed by atoms with Crippen LogP contribution in [-0.2, 0) is 6.54 Å². The van der Waals surface area contributed by atoms with Crippen molar-refractivity contribution in [2.45, 2.75) is 33.4 Å². The lowest BCUT2D eigenvalue weighted by molar-refractivity contribution is 0.505. The Morgan fingerprint density at radius 2 is 2.05 bits per heavy atom. The van der Waals surface area contributed by atoms with Crippen molar-refractivity contribution >= 4 is 27.3 Å². The number of benzene rings is 1. The number of hydrogen-bond donors (Lipinski definition) is 1. The Morgan fingerprint density at radius 1 is 1.35 bits per heavy atom. The van der Waals surface area contributed by atoms with Crippen molar-refractivity contribution in [2.75, 3.05) is 0 Å². The lowest BCUT2D eigenvalue weighted by Gasteiger charge is -2.06. The fourth-order valence-corrected chi connectivity index (χ4v) is 3.38. The molecule has 108 valence electrons. The van der Waals surface area contributed by atoms with Crippen LogP contribution in [0.5, 0.6) is 0 Å². The SMILES string of the molecule is Cc1nc(-c2ccc(F)c(F)c2Br)sc1CNC(C)C. The first-order valence-corrected chi connectivity index (χ1v) is 7.84. The van der Waals surface area contributed by atoms with E-state index in [-0.39, 0.29) is 4.47 Å². The molecule has 0 aliphatic carbocycles. The average molecular weight is 361 g/mol. The summed E-state index contributed by atoms with van der Waals surface area (Å²) >= 11 is 4.59. The summed E-state index contributed by atoms with van der Waals surface area (Å²) in [4.78, 5) is 5.55. The minimum absolute atomic E-state index is 0.120. The predicted molar refractivity (Wildman–Crippen MR) is 81.9 cm³/mol. The molecular formula is C14H15BrF2N2S. The van der Waals surface area contributed by atoms with Crippen molar-refractivity contribution in [1.82, 2.24) is 10.3 Å². The number of hydrogen-bond acceptors (Lipinski definition) is 3. The molecule has 1 N–H and O–H groups in total. The van der Waals surface area contributed by atoms with Crippen LogP contribution in [0.1, 0.15) is 24.4 Å². The molecule has 2 aromatic rings. The van der Waals surface area contributed by atoms with Gasteiger partial charge in [-0.1, -0.05) is 13.8 Å². The van der Waals surface area contributed by atoms with E-state index in [0.29, 0.717) is 16.6 Å². The normalized spacial score (nSPS) is 11.3. The quantitative estimate of drug-likeness (QED) is 0.802. The first-order valence-electron chi connectivity index (χ1n) is 6.23. The van der Waals surface area contributed by atoms with Gasteiger partial charge in [-0.25, -0.2) is 13.8 Å². The average Bonchev–Trinajstić information content (AvgIpc) is 2.75. The summed E-state index contributed by atoms with van der Waals surface area (Å²) in [7, 11) is 0. The van der Waals surface area contributed by atoms with Crippen molar-refractivity contribution in [3.63, 3.8) is 0 Å². The van der Waals surface area contributed by atoms with Crippen LogP contribution in [0.25, 0.3) is 10.6 Å². The maximum atomic E-state index is 13.6. The van der Waals surface area contributed by atoms with E-state index in [1.807, 2.05) is 6.92 Å². The molecule has 1 aromatic heterocycles. The molecule has 0 aliphatic heterocycles. The van der Waals surface area contributed by atoms with Crippen LogP contribution in [-0.4, -0.2) is 11.0 Å². The van der Waals surface area contributed by atoms with E-state index >= 15 is 0 Å². The van der Waals surface area contributed by atoms with Gasteiger partial charge in [-0.05, 0) is 35.0 Å². The molecule has 20 heavy (non-hydrogen) atoms. The van der Waals surface area contributed by atoms with Crippen molar-refractivity contribution in [1.29, 1.82) is 0 Å². The molecule has 0 atom stereocenters. The van der Waals surface area contributed by atoms with Crippen LogP contribution in [0.2, 0.25) is 0 Å². The Hall–Kier alpha value is -0.850. The third kappa shape index (κ3) is 3.24. The van der Waals surface area contributed by atoms with E-state index in [4.69, 9.17) is 0 Å². The molecule has 1 heterocycles. The van der Waals surface area contributed by atoms with Crippen molar-refractivity contribution in [3.05, 3.63) is 38.8 Å². The number of thiazole rings is 1. The van der Waals surface area contributed by atoms with Crippen molar-refractivity contribution in [3.8, 4) is 10.6 Å². The minimum atomic E-state index is -0.878. The second-order valence-corrected chi connectivity index (χ2v) is 6.66. The van der Waals surface area contributed by atoms with Gasteiger partial charge >= 0.3 is 0 Å². The highest BCUT2D eigenvalue weighted by atomic mass is 79.9. The van der Waals surface area contributed by atoms with Gasteiger partial charge in [-0.15, -0.1) is 11.3 Å². The molecule has 2 rings (SSSR count). The Balaban J connectivity index is 2.35. The zero-order chi connectivity index (χ0) is 14.9. The predicted octanol–water partition coefficient (Wildman–Crippen LogP) is 4.66. The number of aromatic nitrogens is 1. The molecule has 6 heteroatoms. The van der Waals surface area contributed by atoms with Gasteiger partial charge < -0.3 is 5.32 Å². The zero-order valence-corrected chi connectivity index (χ0v) is 13.8. The molecule has 0 fully saturated rings. The Morgan fingerprint density at radius 3 is 2.70 bits per heavy atom. The smallest absolute Gasteiger partial charge is 0.173 e. The van der Waals surface area contributed by atoms with Gasteiger partial charge in [0.15, 0.2) is 11.6 Å². The van der Waals surface area contributed by atoms with Crippen LogP contribution in [0.3, 0.4) is 0 Å². The molecular weight excluding hydrogens is 346 g/mol. The lowest BCUT2D eigenvalue weighted by atomic mass is 10.2. The molecule has 0 spiro atoms. The number of rotatable bonds is 4. The maximum absolute atomic E-state index is 13.6. The molecule has 0 radical (unpaired) electrons. The van der Waals surface area contributed by atoms with Crippen molar-refractivity contribution < 1.29 is 8.78 Å². The van der Waals surface area contributed by atoms with E-state index < -0.39 is 11.6 Å². The number of aryl methyl sites for hydroxylation is 1. The zero-order valence-electron chi connectivity index (χ0n) is 11.4. The van der Waals surface area contributed by atoms with E-state index in [1.165, 1.54) is 11.3 Å². The first kappa shape index (κ1) is 15.5. The summed E-state index contributed by atoms with van der Waals surface area (Å²) in [5.41, 5.74) is 1.49. The van der Waals surface area contributed by atoms with Crippen LogP contribution < -0.4 is 5.32 Å². The monoisotopic (exact) mass is 360 g/mol. The molecule has 1 aromatic carbocycles. The highest BCUT2D eigenvalue weighted by Crippen LogP contribution is 2.35. The van der Waals surface area contributed by atoms with Gasteiger partial charge in [0.1, 0.15) is 5.01 Å². The summed E-state index contributed by atoms with van der Waals surface area (Å²) in [5.74, 6) is -1.74. The summed E-state index contributed by atoms with van der Waals surface area (Å²) < 4.78 is 26.8. The molecule has 0 unspecified atom stereocenters. The second-order valence-electron chi connectivity index (χ2n) is 4.79. The van der Waals surface area contributed by atoms with Crippen LogP contribution in [0, 0.1) is 18.6 Å². The molecule has 0 bridgehead atoms. The second kappa shape index (κ2) is 6.28. The molecule has 0 saturated heterocycles.